The first-order chi connectivity index (χ1) is 9.13. The summed E-state index contributed by atoms with van der Waals surface area (Å²) in [6.45, 7) is 1.86. The Morgan fingerprint density at radius 2 is 1.89 bits per heavy atom. The van der Waals surface area contributed by atoms with Crippen LogP contribution in [0.5, 0.6) is 0 Å². The molecule has 1 aliphatic carbocycles. The van der Waals surface area contributed by atoms with Gasteiger partial charge in [-0.1, -0.05) is 18.2 Å². The van der Waals surface area contributed by atoms with Crippen LogP contribution < -0.4 is 0 Å². The van der Waals surface area contributed by atoms with Crippen LogP contribution in [0.25, 0.3) is 0 Å². The molecule has 1 saturated carbocycles. The van der Waals surface area contributed by atoms with E-state index in [4.69, 9.17) is 0 Å². The molecule has 1 N–H and O–H groups in total. The Labute approximate surface area is 113 Å². The van der Waals surface area contributed by atoms with Crippen molar-refractivity contribution in [3.8, 4) is 0 Å². The van der Waals surface area contributed by atoms with Gasteiger partial charge < -0.3 is 5.11 Å². The van der Waals surface area contributed by atoms with Crippen LogP contribution in [0.15, 0.2) is 24.3 Å². The standard InChI is InChI=1S/C15H19NO3/c1-11-4-2-3-5-14(11)15(19)16(10-17)12-6-8-13(18)9-7-12/h2-5,10,12-13,18H,6-9H2,1H3. The van der Waals surface area contributed by atoms with Crippen LogP contribution in [0.3, 0.4) is 0 Å². The molecule has 4 heteroatoms. The first-order valence-corrected chi connectivity index (χ1v) is 6.65. The van der Waals surface area contributed by atoms with Crippen molar-refractivity contribution in [1.29, 1.82) is 0 Å². The Bertz CT molecular complexity index is 464. The average molecular weight is 261 g/mol. The number of aryl methyl sites for hydroxylation is 1. The molecule has 0 aromatic heterocycles. The number of hydrogen-bond donors (Lipinski definition) is 1. The van der Waals surface area contributed by atoms with E-state index in [9.17, 15) is 14.7 Å². The summed E-state index contributed by atoms with van der Waals surface area (Å²) in [6.07, 6.45) is 2.98. The van der Waals surface area contributed by atoms with Crippen molar-refractivity contribution in [1.82, 2.24) is 4.90 Å². The van der Waals surface area contributed by atoms with Gasteiger partial charge >= 0.3 is 0 Å². The van der Waals surface area contributed by atoms with E-state index in [2.05, 4.69) is 0 Å². The predicted octanol–water partition coefficient (Wildman–Crippen LogP) is 1.90. The molecule has 0 saturated heterocycles. The average Bonchev–Trinajstić information content (AvgIpc) is 2.42. The van der Waals surface area contributed by atoms with Crippen LogP contribution in [0.1, 0.15) is 41.6 Å². The second-order valence-corrected chi connectivity index (χ2v) is 5.10. The third-order valence-electron chi connectivity index (χ3n) is 3.78. The largest absolute Gasteiger partial charge is 0.393 e. The van der Waals surface area contributed by atoms with Crippen molar-refractivity contribution < 1.29 is 14.7 Å². The smallest absolute Gasteiger partial charge is 0.260 e. The van der Waals surface area contributed by atoms with E-state index in [0.717, 1.165) is 5.56 Å². The summed E-state index contributed by atoms with van der Waals surface area (Å²) in [5.41, 5.74) is 1.44. The van der Waals surface area contributed by atoms with E-state index in [1.165, 1.54) is 4.90 Å². The molecule has 1 aromatic carbocycles. The molecule has 2 rings (SSSR count). The molecule has 0 unspecified atom stereocenters. The van der Waals surface area contributed by atoms with Gasteiger partial charge in [0.25, 0.3) is 5.91 Å². The maximum Gasteiger partial charge on any atom is 0.260 e. The minimum absolute atomic E-state index is 0.0898. The van der Waals surface area contributed by atoms with Gasteiger partial charge in [0.15, 0.2) is 0 Å². The highest BCUT2D eigenvalue weighted by Gasteiger charge is 2.29. The normalized spacial score (nSPS) is 22.8. The van der Waals surface area contributed by atoms with Gasteiger partial charge in [-0.25, -0.2) is 0 Å². The van der Waals surface area contributed by atoms with Crippen molar-refractivity contribution >= 4 is 12.3 Å². The molecular weight excluding hydrogens is 242 g/mol. The van der Waals surface area contributed by atoms with Crippen molar-refractivity contribution in [3.63, 3.8) is 0 Å². The molecule has 1 fully saturated rings. The lowest BCUT2D eigenvalue weighted by Gasteiger charge is -2.32. The monoisotopic (exact) mass is 261 g/mol. The fourth-order valence-electron chi connectivity index (χ4n) is 2.59. The summed E-state index contributed by atoms with van der Waals surface area (Å²) in [4.78, 5) is 25.0. The van der Waals surface area contributed by atoms with Gasteiger partial charge in [0, 0.05) is 11.6 Å². The second-order valence-electron chi connectivity index (χ2n) is 5.10. The molecule has 0 spiro atoms. The first-order valence-electron chi connectivity index (χ1n) is 6.65. The fourth-order valence-corrected chi connectivity index (χ4v) is 2.59. The molecule has 19 heavy (non-hydrogen) atoms. The van der Waals surface area contributed by atoms with Gasteiger partial charge in [0.1, 0.15) is 0 Å². The number of aliphatic hydroxyl groups is 1. The summed E-state index contributed by atoms with van der Waals surface area (Å²) in [5.74, 6) is -0.241. The highest BCUT2D eigenvalue weighted by Crippen LogP contribution is 2.24. The number of carbonyl (C=O) groups excluding carboxylic acids is 2. The molecule has 1 aliphatic rings. The Morgan fingerprint density at radius 3 is 2.47 bits per heavy atom. The van der Waals surface area contributed by atoms with E-state index < -0.39 is 0 Å². The van der Waals surface area contributed by atoms with E-state index in [-0.39, 0.29) is 18.1 Å². The van der Waals surface area contributed by atoms with Crippen LogP contribution in [0, 0.1) is 6.92 Å². The van der Waals surface area contributed by atoms with Gasteiger partial charge in [-0.05, 0) is 44.2 Å². The SMILES string of the molecule is Cc1ccccc1C(=O)N(C=O)C1CCC(O)CC1. The minimum Gasteiger partial charge on any atom is -0.393 e. The molecule has 2 amide bonds. The highest BCUT2D eigenvalue weighted by molar-refractivity contribution is 6.01. The molecule has 0 aliphatic heterocycles. The summed E-state index contributed by atoms with van der Waals surface area (Å²) < 4.78 is 0. The quantitative estimate of drug-likeness (QED) is 0.845. The third kappa shape index (κ3) is 3.01. The molecule has 1 aromatic rings. The number of hydrogen-bond acceptors (Lipinski definition) is 3. The van der Waals surface area contributed by atoms with Crippen LogP contribution in [0.2, 0.25) is 0 Å². The summed E-state index contributed by atoms with van der Waals surface area (Å²) in [7, 11) is 0. The van der Waals surface area contributed by atoms with Gasteiger partial charge in [0.05, 0.1) is 6.10 Å². The van der Waals surface area contributed by atoms with E-state index in [1.54, 1.807) is 12.1 Å². The van der Waals surface area contributed by atoms with Crippen molar-refractivity contribution in [3.05, 3.63) is 35.4 Å². The summed E-state index contributed by atoms with van der Waals surface area (Å²) in [6, 6.07) is 7.18. The van der Waals surface area contributed by atoms with E-state index in [1.807, 2.05) is 19.1 Å². The molecule has 0 bridgehead atoms. The molecule has 0 heterocycles. The van der Waals surface area contributed by atoms with Crippen LogP contribution in [0.4, 0.5) is 0 Å². The van der Waals surface area contributed by atoms with Crippen LogP contribution in [-0.4, -0.2) is 34.5 Å². The minimum atomic E-state index is -0.293. The van der Waals surface area contributed by atoms with Crippen LogP contribution in [-0.2, 0) is 4.79 Å². The lowest BCUT2D eigenvalue weighted by atomic mass is 9.91. The zero-order chi connectivity index (χ0) is 13.8. The number of imide groups is 1. The molecule has 0 radical (unpaired) electrons. The molecule has 4 nitrogen and oxygen atoms in total. The van der Waals surface area contributed by atoms with Crippen molar-refractivity contribution in [2.75, 3.05) is 0 Å². The highest BCUT2D eigenvalue weighted by atomic mass is 16.3. The van der Waals surface area contributed by atoms with Gasteiger partial charge in [-0.15, -0.1) is 0 Å². The molecule has 0 atom stereocenters. The van der Waals surface area contributed by atoms with Gasteiger partial charge in [-0.2, -0.15) is 0 Å². The van der Waals surface area contributed by atoms with Crippen LogP contribution >= 0.6 is 0 Å². The number of rotatable bonds is 3. The summed E-state index contributed by atoms with van der Waals surface area (Å²) in [5, 5.41) is 9.49. The third-order valence-corrected chi connectivity index (χ3v) is 3.78. The zero-order valence-corrected chi connectivity index (χ0v) is 11.1. The van der Waals surface area contributed by atoms with Gasteiger partial charge in [-0.3, -0.25) is 14.5 Å². The Hall–Kier alpha value is -1.68. The molecular formula is C15H19NO3. The fraction of sp³-hybridized carbons (Fsp3) is 0.467. The zero-order valence-electron chi connectivity index (χ0n) is 11.1. The Morgan fingerprint density at radius 1 is 1.26 bits per heavy atom. The lowest BCUT2D eigenvalue weighted by Crippen LogP contribution is -2.42. The molecule has 102 valence electrons. The Balaban J connectivity index is 2.16. The maximum absolute atomic E-state index is 12.4. The number of aliphatic hydroxyl groups excluding tert-OH is 1. The lowest BCUT2D eigenvalue weighted by molar-refractivity contribution is -0.118. The number of carbonyl (C=O) groups is 2. The van der Waals surface area contributed by atoms with E-state index >= 15 is 0 Å². The van der Waals surface area contributed by atoms with Gasteiger partial charge in [0.2, 0.25) is 6.41 Å². The number of amides is 2. The van der Waals surface area contributed by atoms with E-state index in [0.29, 0.717) is 37.7 Å². The van der Waals surface area contributed by atoms with Crippen molar-refractivity contribution in [2.24, 2.45) is 0 Å². The maximum atomic E-state index is 12.4. The second kappa shape index (κ2) is 5.97. The van der Waals surface area contributed by atoms with Crippen molar-refractivity contribution in [2.45, 2.75) is 44.8 Å². The number of nitrogens with zero attached hydrogens (tertiary/aromatic N) is 1. The Kier molecular flexibility index (Phi) is 4.32. The summed E-state index contributed by atoms with van der Waals surface area (Å²) >= 11 is 0. The topological polar surface area (TPSA) is 57.6 Å². The first kappa shape index (κ1) is 13.7. The predicted molar refractivity (Wildman–Crippen MR) is 71.7 cm³/mol. The number of benzene rings is 1.